The molecule has 3 rings (SSSR count). The third-order valence-electron chi connectivity index (χ3n) is 5.14. The quantitative estimate of drug-likeness (QED) is 0.184. The molecular weight excluding hydrogens is 488 g/mol. The van der Waals surface area contributed by atoms with Gasteiger partial charge in [-0.1, -0.05) is 48.9 Å². The van der Waals surface area contributed by atoms with E-state index in [9.17, 15) is 10.1 Å². The topological polar surface area (TPSA) is 106 Å². The number of rotatable bonds is 12. The zero-order chi connectivity index (χ0) is 26.8. The predicted octanol–water partition coefficient (Wildman–Crippen LogP) is 5.76. The van der Waals surface area contributed by atoms with Gasteiger partial charge in [-0.05, 0) is 62.1 Å². The maximum atomic E-state index is 12.7. The highest BCUT2D eigenvalue weighted by Crippen LogP contribution is 2.30. The molecule has 37 heavy (non-hydrogen) atoms. The van der Waals surface area contributed by atoms with Gasteiger partial charge in [-0.15, -0.1) is 10.2 Å². The molecule has 1 aromatic heterocycles. The van der Waals surface area contributed by atoms with E-state index in [0.29, 0.717) is 47.9 Å². The summed E-state index contributed by atoms with van der Waals surface area (Å²) < 4.78 is 17.5. The van der Waals surface area contributed by atoms with Crippen molar-refractivity contribution in [1.29, 1.82) is 5.26 Å². The Kier molecular flexibility index (Phi) is 10.0. The Morgan fingerprint density at radius 1 is 1.05 bits per heavy atom. The van der Waals surface area contributed by atoms with Crippen molar-refractivity contribution < 1.29 is 19.0 Å². The van der Waals surface area contributed by atoms with Gasteiger partial charge in [-0.25, -0.2) is 0 Å². The second-order valence-electron chi connectivity index (χ2n) is 8.83. The molecule has 1 N–H and O–H groups in total. The number of anilines is 1. The summed E-state index contributed by atoms with van der Waals surface area (Å²) in [4.78, 5) is 12.7. The Balaban J connectivity index is 1.65. The van der Waals surface area contributed by atoms with Crippen LogP contribution in [0.1, 0.15) is 42.5 Å². The van der Waals surface area contributed by atoms with Crippen LogP contribution >= 0.6 is 11.3 Å². The molecule has 0 radical (unpaired) electrons. The number of hydrogen-bond donors (Lipinski definition) is 1. The highest BCUT2D eigenvalue weighted by molar-refractivity contribution is 7.15. The van der Waals surface area contributed by atoms with Crippen molar-refractivity contribution >= 4 is 28.5 Å². The number of nitriles is 1. The summed E-state index contributed by atoms with van der Waals surface area (Å²) in [7, 11) is 0. The second-order valence-corrected chi connectivity index (χ2v) is 9.89. The van der Waals surface area contributed by atoms with Crippen molar-refractivity contribution in [3.05, 3.63) is 63.7 Å². The van der Waals surface area contributed by atoms with Gasteiger partial charge in [0, 0.05) is 6.42 Å². The summed E-state index contributed by atoms with van der Waals surface area (Å²) in [5, 5.41) is 21.5. The number of hydrogen-bond acceptors (Lipinski definition) is 8. The number of amides is 1. The highest BCUT2D eigenvalue weighted by Gasteiger charge is 2.14. The van der Waals surface area contributed by atoms with Crippen molar-refractivity contribution in [3.8, 4) is 23.3 Å². The van der Waals surface area contributed by atoms with Crippen LogP contribution in [0.15, 0.2) is 42.0 Å². The summed E-state index contributed by atoms with van der Waals surface area (Å²) in [5.41, 5.74) is 2.83. The van der Waals surface area contributed by atoms with E-state index in [4.69, 9.17) is 14.2 Å². The van der Waals surface area contributed by atoms with Gasteiger partial charge in [0.1, 0.15) is 35.6 Å². The van der Waals surface area contributed by atoms with Gasteiger partial charge in [0.15, 0.2) is 11.5 Å². The summed E-state index contributed by atoms with van der Waals surface area (Å²) in [6.07, 6.45) is 2.28. The van der Waals surface area contributed by atoms with Crippen LogP contribution in [0.5, 0.6) is 17.2 Å². The van der Waals surface area contributed by atoms with Crippen molar-refractivity contribution in [2.75, 3.05) is 25.1 Å². The van der Waals surface area contributed by atoms with Crippen LogP contribution in [-0.2, 0) is 11.2 Å². The van der Waals surface area contributed by atoms with Gasteiger partial charge >= 0.3 is 0 Å². The summed E-state index contributed by atoms with van der Waals surface area (Å²) in [6.45, 7) is 11.2. The van der Waals surface area contributed by atoms with Crippen LogP contribution in [0.4, 0.5) is 5.13 Å². The minimum atomic E-state index is -0.545. The van der Waals surface area contributed by atoms with Gasteiger partial charge in [0.2, 0.25) is 5.13 Å². The Labute approximate surface area is 221 Å². The Bertz CT molecular complexity index is 1290. The molecule has 194 valence electrons. The van der Waals surface area contributed by atoms with E-state index in [1.807, 2.05) is 39.0 Å². The predicted molar refractivity (Wildman–Crippen MR) is 145 cm³/mol. The number of carbonyl (C=O) groups is 1. The van der Waals surface area contributed by atoms with E-state index in [1.165, 1.54) is 23.0 Å². The molecule has 0 spiro atoms. The average Bonchev–Trinajstić information content (AvgIpc) is 3.28. The van der Waals surface area contributed by atoms with Crippen LogP contribution in [0, 0.1) is 31.1 Å². The first-order valence-corrected chi connectivity index (χ1v) is 13.0. The van der Waals surface area contributed by atoms with E-state index in [1.54, 1.807) is 18.2 Å². The third-order valence-corrected chi connectivity index (χ3v) is 6.00. The standard InChI is InChI=1S/C28H32N4O4S/c1-6-34-25-16-21(8-10-24(25)36-12-11-35-23-9-7-19(4)14-20(23)5)15-22(17-29)27(33)30-28-32-31-26(37-28)13-18(2)3/h7-10,14-16,18H,6,11-13H2,1-5H3,(H,30,32,33)/b22-15-. The zero-order valence-corrected chi connectivity index (χ0v) is 22.6. The Morgan fingerprint density at radius 2 is 1.78 bits per heavy atom. The van der Waals surface area contributed by atoms with Gasteiger partial charge in [0.05, 0.1) is 6.61 Å². The fourth-order valence-corrected chi connectivity index (χ4v) is 4.43. The molecule has 0 saturated carbocycles. The van der Waals surface area contributed by atoms with Gasteiger partial charge in [-0.2, -0.15) is 5.26 Å². The van der Waals surface area contributed by atoms with E-state index in [2.05, 4.69) is 35.4 Å². The minimum Gasteiger partial charge on any atom is -0.490 e. The summed E-state index contributed by atoms with van der Waals surface area (Å²) >= 11 is 1.31. The van der Waals surface area contributed by atoms with E-state index in [0.717, 1.165) is 22.7 Å². The number of benzene rings is 2. The molecule has 0 fully saturated rings. The number of ether oxygens (including phenoxy) is 3. The molecule has 0 aliphatic heterocycles. The molecule has 1 amide bonds. The largest absolute Gasteiger partial charge is 0.490 e. The van der Waals surface area contributed by atoms with Crippen LogP contribution in [0.3, 0.4) is 0 Å². The lowest BCUT2D eigenvalue weighted by molar-refractivity contribution is -0.112. The number of nitrogens with zero attached hydrogens (tertiary/aromatic N) is 3. The Morgan fingerprint density at radius 3 is 2.46 bits per heavy atom. The molecule has 9 heteroatoms. The third kappa shape index (κ3) is 8.33. The molecule has 0 aliphatic carbocycles. The molecule has 1 heterocycles. The lowest BCUT2D eigenvalue weighted by Crippen LogP contribution is -2.13. The van der Waals surface area contributed by atoms with E-state index in [-0.39, 0.29) is 5.57 Å². The normalized spacial score (nSPS) is 11.2. The minimum absolute atomic E-state index is 0.0569. The number of nitrogens with one attached hydrogen (secondary N) is 1. The SMILES string of the molecule is CCOc1cc(/C=C(/C#N)C(=O)Nc2nnc(CC(C)C)s2)ccc1OCCOc1ccc(C)cc1C. The molecule has 0 saturated heterocycles. The fraction of sp³-hybridized carbons (Fsp3) is 0.357. The fourth-order valence-electron chi connectivity index (χ4n) is 3.48. The lowest BCUT2D eigenvalue weighted by Gasteiger charge is -2.14. The van der Waals surface area contributed by atoms with Crippen molar-refractivity contribution in [1.82, 2.24) is 10.2 Å². The molecule has 0 aliphatic rings. The van der Waals surface area contributed by atoms with Crippen LogP contribution in [0.25, 0.3) is 6.08 Å². The van der Waals surface area contributed by atoms with Gasteiger partial charge in [-0.3, -0.25) is 10.1 Å². The first-order chi connectivity index (χ1) is 17.8. The van der Waals surface area contributed by atoms with Crippen LogP contribution < -0.4 is 19.5 Å². The zero-order valence-electron chi connectivity index (χ0n) is 21.8. The average molecular weight is 521 g/mol. The maximum absolute atomic E-state index is 12.7. The molecule has 0 unspecified atom stereocenters. The number of aromatic nitrogens is 2. The van der Waals surface area contributed by atoms with Gasteiger partial charge in [0.25, 0.3) is 5.91 Å². The van der Waals surface area contributed by atoms with Crippen molar-refractivity contribution in [3.63, 3.8) is 0 Å². The first-order valence-electron chi connectivity index (χ1n) is 12.1. The molecule has 2 aromatic carbocycles. The Hall–Kier alpha value is -3.90. The molecule has 0 atom stereocenters. The summed E-state index contributed by atoms with van der Waals surface area (Å²) in [5.74, 6) is 1.78. The van der Waals surface area contributed by atoms with Crippen LogP contribution in [0.2, 0.25) is 0 Å². The van der Waals surface area contributed by atoms with Gasteiger partial charge < -0.3 is 14.2 Å². The second kappa shape index (κ2) is 13.4. The number of aryl methyl sites for hydroxylation is 2. The highest BCUT2D eigenvalue weighted by atomic mass is 32.1. The monoisotopic (exact) mass is 520 g/mol. The molecule has 0 bridgehead atoms. The maximum Gasteiger partial charge on any atom is 0.268 e. The van der Waals surface area contributed by atoms with Crippen LogP contribution in [-0.4, -0.2) is 35.9 Å². The van der Waals surface area contributed by atoms with Crippen molar-refractivity contribution in [2.24, 2.45) is 5.92 Å². The smallest absolute Gasteiger partial charge is 0.268 e. The molecule has 3 aromatic rings. The lowest BCUT2D eigenvalue weighted by atomic mass is 10.1. The molecule has 8 nitrogen and oxygen atoms in total. The number of carbonyl (C=O) groups excluding carboxylic acids is 1. The van der Waals surface area contributed by atoms with Crippen molar-refractivity contribution in [2.45, 2.75) is 41.0 Å². The van der Waals surface area contributed by atoms with E-state index < -0.39 is 5.91 Å². The molecular formula is C28H32N4O4S. The first kappa shape index (κ1) is 27.7. The van der Waals surface area contributed by atoms with E-state index >= 15 is 0 Å². The summed E-state index contributed by atoms with van der Waals surface area (Å²) in [6, 6.07) is 13.2.